The van der Waals surface area contributed by atoms with Crippen molar-refractivity contribution in [1.29, 1.82) is 0 Å². The number of carbonyl (C=O) groups is 2. The average molecular weight is 349 g/mol. The Morgan fingerprint density at radius 2 is 1.44 bits per heavy atom. The maximum absolute atomic E-state index is 12.4. The van der Waals surface area contributed by atoms with Crippen LogP contribution < -0.4 is 10.6 Å². The largest absolute Gasteiger partial charge is 0.465 e. The van der Waals surface area contributed by atoms with Crippen molar-refractivity contribution in [2.75, 3.05) is 46.4 Å². The van der Waals surface area contributed by atoms with Crippen molar-refractivity contribution in [3.8, 4) is 0 Å². The fourth-order valence-corrected chi connectivity index (χ4v) is 5.63. The summed E-state index contributed by atoms with van der Waals surface area (Å²) in [5.74, 6) is 0.831. The minimum atomic E-state index is -0.230. The van der Waals surface area contributed by atoms with Gasteiger partial charge in [-0.1, -0.05) is 0 Å². The SMILES string of the molecule is CN1CC(COC(=O)C2C3CNC2C3)(COC(=O)C2C3CNC2C3)C1. The predicted octanol–water partition coefficient (Wildman–Crippen LogP) is -0.780. The second kappa shape index (κ2) is 5.66. The highest BCUT2D eigenvalue weighted by Crippen LogP contribution is 2.42. The molecule has 7 rings (SSSR count). The van der Waals surface area contributed by atoms with Gasteiger partial charge in [0.15, 0.2) is 0 Å². The summed E-state index contributed by atoms with van der Waals surface area (Å²) in [6, 6.07) is 0.633. The Balaban J connectivity index is 1.13. The molecule has 5 saturated heterocycles. The van der Waals surface area contributed by atoms with Gasteiger partial charge >= 0.3 is 11.9 Å². The fraction of sp³-hybridized carbons (Fsp3) is 0.889. The third-order valence-corrected chi connectivity index (χ3v) is 7.08. The van der Waals surface area contributed by atoms with Crippen LogP contribution in [0.2, 0.25) is 0 Å². The molecule has 0 aromatic heterocycles. The lowest BCUT2D eigenvalue weighted by molar-refractivity contribution is -0.173. The Hall–Kier alpha value is -1.18. The summed E-state index contributed by atoms with van der Waals surface area (Å²) in [5.41, 5.74) is -0.230. The van der Waals surface area contributed by atoms with Crippen molar-refractivity contribution >= 4 is 11.9 Å². The fourth-order valence-electron chi connectivity index (χ4n) is 5.63. The molecule has 0 spiro atoms. The maximum atomic E-state index is 12.4. The van der Waals surface area contributed by atoms with Gasteiger partial charge in [-0.2, -0.15) is 0 Å². The summed E-state index contributed by atoms with van der Waals surface area (Å²) in [4.78, 5) is 26.9. The average Bonchev–Trinajstić information content (AvgIpc) is 3.28. The molecule has 0 aromatic rings. The van der Waals surface area contributed by atoms with Gasteiger partial charge in [0.2, 0.25) is 0 Å². The Kier molecular flexibility index (Phi) is 3.63. The number of ether oxygens (including phenoxy) is 2. The molecular formula is C18H27N3O4. The molecule has 2 N–H and O–H groups in total. The number of nitrogens with zero attached hydrogens (tertiary/aromatic N) is 1. The monoisotopic (exact) mass is 349 g/mol. The molecule has 5 aliphatic heterocycles. The highest BCUT2D eigenvalue weighted by molar-refractivity contribution is 5.76. The molecule has 0 amide bonds. The van der Waals surface area contributed by atoms with Crippen molar-refractivity contribution in [2.45, 2.75) is 24.9 Å². The molecule has 138 valence electrons. The number of likely N-dealkylation sites (tertiary alicyclic amines) is 1. The standard InChI is InChI=1S/C18H27N3O4/c1-21-6-18(7-21,8-24-16(22)14-10-2-12(14)19-4-10)9-25-17(23)15-11-3-13(15)20-5-11/h10-15,19-20H,2-9H2,1H3. The molecule has 7 fully saturated rings. The second-order valence-corrected chi connectivity index (χ2v) is 8.96. The first-order chi connectivity index (χ1) is 12.0. The van der Waals surface area contributed by atoms with E-state index in [4.69, 9.17) is 9.47 Å². The molecule has 4 bridgehead atoms. The van der Waals surface area contributed by atoms with Gasteiger partial charge in [0, 0.05) is 25.2 Å². The van der Waals surface area contributed by atoms with Gasteiger partial charge < -0.3 is 25.0 Å². The summed E-state index contributed by atoms with van der Waals surface area (Å²) < 4.78 is 11.3. The molecule has 6 unspecified atom stereocenters. The predicted molar refractivity (Wildman–Crippen MR) is 88.6 cm³/mol. The van der Waals surface area contributed by atoms with Gasteiger partial charge in [-0.05, 0) is 44.8 Å². The van der Waals surface area contributed by atoms with E-state index in [0.717, 1.165) is 39.0 Å². The smallest absolute Gasteiger partial charge is 0.310 e. The third kappa shape index (κ3) is 2.51. The van der Waals surface area contributed by atoms with Crippen LogP contribution in [0.25, 0.3) is 0 Å². The lowest BCUT2D eigenvalue weighted by Gasteiger charge is -2.48. The highest BCUT2D eigenvalue weighted by atomic mass is 16.5. The van der Waals surface area contributed by atoms with Crippen molar-refractivity contribution in [2.24, 2.45) is 29.1 Å². The first kappa shape index (κ1) is 16.0. The van der Waals surface area contributed by atoms with Crippen LogP contribution >= 0.6 is 0 Å². The maximum Gasteiger partial charge on any atom is 0.310 e. The lowest BCUT2D eigenvalue weighted by atomic mass is 9.74. The third-order valence-electron chi connectivity index (χ3n) is 7.08. The van der Waals surface area contributed by atoms with Crippen LogP contribution in [-0.4, -0.2) is 75.4 Å². The van der Waals surface area contributed by atoms with Crippen LogP contribution in [0.15, 0.2) is 0 Å². The second-order valence-electron chi connectivity index (χ2n) is 8.96. The van der Waals surface area contributed by atoms with Crippen molar-refractivity contribution < 1.29 is 19.1 Å². The zero-order valence-electron chi connectivity index (χ0n) is 14.7. The van der Waals surface area contributed by atoms with E-state index in [9.17, 15) is 9.59 Å². The number of fused-ring (bicyclic) bond motifs is 2. The molecule has 5 heterocycles. The summed E-state index contributed by atoms with van der Waals surface area (Å²) in [5, 5.41) is 6.70. The lowest BCUT2D eigenvalue weighted by Crippen LogP contribution is -2.60. The van der Waals surface area contributed by atoms with E-state index in [-0.39, 0.29) is 29.2 Å². The van der Waals surface area contributed by atoms with Crippen LogP contribution in [0.1, 0.15) is 12.8 Å². The summed E-state index contributed by atoms with van der Waals surface area (Å²) in [6.07, 6.45) is 2.20. The minimum absolute atomic E-state index is 0.0362. The highest BCUT2D eigenvalue weighted by Gasteiger charge is 2.54. The van der Waals surface area contributed by atoms with E-state index in [2.05, 4.69) is 15.5 Å². The number of hydrogen-bond donors (Lipinski definition) is 2. The van der Waals surface area contributed by atoms with Gasteiger partial charge in [-0.15, -0.1) is 0 Å². The van der Waals surface area contributed by atoms with Crippen molar-refractivity contribution in [3.05, 3.63) is 0 Å². The Morgan fingerprint density at radius 1 is 0.960 bits per heavy atom. The molecule has 7 aliphatic rings. The van der Waals surface area contributed by atoms with Gasteiger partial charge in [0.05, 0.1) is 17.3 Å². The van der Waals surface area contributed by atoms with Gasteiger partial charge in [-0.3, -0.25) is 9.59 Å². The molecule has 2 saturated carbocycles. The topological polar surface area (TPSA) is 79.9 Å². The molecule has 6 atom stereocenters. The van der Waals surface area contributed by atoms with Crippen molar-refractivity contribution in [3.63, 3.8) is 0 Å². The van der Waals surface area contributed by atoms with Gasteiger partial charge in [-0.25, -0.2) is 0 Å². The Morgan fingerprint density at radius 3 is 1.76 bits per heavy atom. The van der Waals surface area contributed by atoms with Crippen LogP contribution in [0.4, 0.5) is 0 Å². The molecule has 0 radical (unpaired) electrons. The van der Waals surface area contributed by atoms with Crippen LogP contribution in [-0.2, 0) is 19.1 Å². The normalized spacial score (nSPS) is 42.9. The first-order valence-corrected chi connectivity index (χ1v) is 9.53. The van der Waals surface area contributed by atoms with Crippen molar-refractivity contribution in [1.82, 2.24) is 15.5 Å². The first-order valence-electron chi connectivity index (χ1n) is 9.53. The van der Waals surface area contributed by atoms with E-state index >= 15 is 0 Å². The molecule has 7 nitrogen and oxygen atoms in total. The number of nitrogens with one attached hydrogen (secondary N) is 2. The molecule has 2 aliphatic carbocycles. The van der Waals surface area contributed by atoms with Gasteiger partial charge in [0.25, 0.3) is 0 Å². The van der Waals surface area contributed by atoms with Crippen LogP contribution in [0.3, 0.4) is 0 Å². The number of carbonyl (C=O) groups excluding carboxylic acids is 2. The molecule has 7 heteroatoms. The molecule has 25 heavy (non-hydrogen) atoms. The quantitative estimate of drug-likeness (QED) is 0.609. The zero-order valence-corrected chi connectivity index (χ0v) is 14.7. The summed E-state index contributed by atoms with van der Waals surface area (Å²) >= 11 is 0. The molecule has 0 aromatic carbocycles. The Bertz CT molecular complexity index is 519. The van der Waals surface area contributed by atoms with E-state index in [1.807, 2.05) is 7.05 Å². The van der Waals surface area contributed by atoms with Gasteiger partial charge in [0.1, 0.15) is 13.2 Å². The van der Waals surface area contributed by atoms with E-state index < -0.39 is 0 Å². The Labute approximate surface area is 147 Å². The van der Waals surface area contributed by atoms with E-state index in [1.165, 1.54) is 0 Å². The molecular weight excluding hydrogens is 322 g/mol. The number of rotatable bonds is 6. The number of hydrogen-bond acceptors (Lipinski definition) is 7. The van der Waals surface area contributed by atoms with E-state index in [1.54, 1.807) is 0 Å². The summed E-state index contributed by atoms with van der Waals surface area (Å²) in [7, 11) is 2.04. The van der Waals surface area contributed by atoms with Crippen LogP contribution in [0.5, 0.6) is 0 Å². The summed E-state index contributed by atoms with van der Waals surface area (Å²) in [6.45, 7) is 4.20. The van der Waals surface area contributed by atoms with Crippen LogP contribution in [0, 0.1) is 29.1 Å². The van der Waals surface area contributed by atoms with E-state index in [0.29, 0.717) is 37.1 Å². The minimum Gasteiger partial charge on any atom is -0.465 e. The zero-order chi connectivity index (χ0) is 17.2. The number of esters is 2.